The number of fused-ring (bicyclic) bond motifs is 1. The summed E-state index contributed by atoms with van der Waals surface area (Å²) in [6.45, 7) is 4.55. The third kappa shape index (κ3) is 4.84. The van der Waals surface area contributed by atoms with E-state index in [-0.39, 0.29) is 12.1 Å². The van der Waals surface area contributed by atoms with Crippen LogP contribution in [-0.2, 0) is 14.3 Å². The molecule has 0 radical (unpaired) electrons. The van der Waals surface area contributed by atoms with Crippen molar-refractivity contribution in [3.63, 3.8) is 0 Å². The molecule has 4 unspecified atom stereocenters. The van der Waals surface area contributed by atoms with E-state index in [0.717, 1.165) is 12.8 Å². The van der Waals surface area contributed by atoms with Crippen molar-refractivity contribution in [2.75, 3.05) is 6.61 Å². The largest absolute Gasteiger partial charge is 0.466 e. The van der Waals surface area contributed by atoms with Crippen LogP contribution < -0.4 is 0 Å². The average molecular weight is 308 g/mol. The molecular weight excluding hydrogens is 276 g/mol. The van der Waals surface area contributed by atoms with Gasteiger partial charge in [-0.15, -0.1) is 0 Å². The lowest BCUT2D eigenvalue weighted by atomic mass is 9.86. The van der Waals surface area contributed by atoms with Gasteiger partial charge in [0, 0.05) is 5.92 Å². The minimum Gasteiger partial charge on any atom is -0.466 e. The Morgan fingerprint density at radius 1 is 1.23 bits per heavy atom. The van der Waals surface area contributed by atoms with E-state index in [0.29, 0.717) is 31.0 Å². The number of esters is 1. The van der Waals surface area contributed by atoms with Gasteiger partial charge in [0.15, 0.2) is 0 Å². The van der Waals surface area contributed by atoms with Crippen LogP contribution in [0.4, 0.5) is 0 Å². The van der Waals surface area contributed by atoms with E-state index in [4.69, 9.17) is 9.47 Å². The van der Waals surface area contributed by atoms with Crippen LogP contribution in [0.3, 0.4) is 0 Å². The van der Waals surface area contributed by atoms with Gasteiger partial charge in [0.05, 0.1) is 25.2 Å². The highest BCUT2D eigenvalue weighted by atomic mass is 16.5. The van der Waals surface area contributed by atoms with Crippen LogP contribution in [-0.4, -0.2) is 24.8 Å². The molecule has 3 nitrogen and oxygen atoms in total. The highest BCUT2D eigenvalue weighted by Crippen LogP contribution is 2.44. The molecule has 1 saturated heterocycles. The van der Waals surface area contributed by atoms with E-state index in [1.807, 2.05) is 6.92 Å². The van der Waals surface area contributed by atoms with Crippen LogP contribution in [0.1, 0.15) is 71.6 Å². The van der Waals surface area contributed by atoms with E-state index in [9.17, 15) is 4.79 Å². The van der Waals surface area contributed by atoms with Gasteiger partial charge in [0.1, 0.15) is 0 Å². The quantitative estimate of drug-likeness (QED) is 0.353. The molecule has 1 heterocycles. The van der Waals surface area contributed by atoms with Gasteiger partial charge in [-0.25, -0.2) is 0 Å². The molecule has 2 aliphatic rings. The summed E-state index contributed by atoms with van der Waals surface area (Å²) in [5, 5.41) is 0. The van der Waals surface area contributed by atoms with Gasteiger partial charge in [-0.1, -0.05) is 44.8 Å². The summed E-state index contributed by atoms with van der Waals surface area (Å²) in [6.07, 6.45) is 15.5. The molecule has 2 fully saturated rings. The molecule has 0 N–H and O–H groups in total. The molecule has 0 aromatic carbocycles. The number of hydrogen-bond donors (Lipinski definition) is 0. The second kappa shape index (κ2) is 9.34. The molecule has 0 spiro atoms. The van der Waals surface area contributed by atoms with E-state index in [2.05, 4.69) is 19.1 Å². The Bertz CT molecular complexity index is 364. The van der Waals surface area contributed by atoms with Gasteiger partial charge in [-0.05, 0) is 38.5 Å². The number of rotatable bonds is 9. The van der Waals surface area contributed by atoms with Crippen molar-refractivity contribution in [3.8, 4) is 0 Å². The van der Waals surface area contributed by atoms with Crippen LogP contribution in [0.2, 0.25) is 0 Å². The van der Waals surface area contributed by atoms with Gasteiger partial charge in [-0.3, -0.25) is 4.79 Å². The van der Waals surface area contributed by atoms with Crippen molar-refractivity contribution < 1.29 is 14.3 Å². The molecule has 126 valence electrons. The number of ether oxygens (including phenoxy) is 2. The maximum absolute atomic E-state index is 11.8. The topological polar surface area (TPSA) is 35.5 Å². The Morgan fingerprint density at radius 2 is 2.09 bits per heavy atom. The maximum Gasteiger partial charge on any atom is 0.308 e. The van der Waals surface area contributed by atoms with E-state index in [1.54, 1.807) is 0 Å². The molecule has 4 atom stereocenters. The third-order valence-electron chi connectivity index (χ3n) is 5.03. The lowest BCUT2D eigenvalue weighted by Crippen LogP contribution is -2.23. The van der Waals surface area contributed by atoms with Crippen molar-refractivity contribution in [2.45, 2.75) is 83.8 Å². The zero-order chi connectivity index (χ0) is 15.8. The van der Waals surface area contributed by atoms with Crippen LogP contribution in [0.5, 0.6) is 0 Å². The lowest BCUT2D eigenvalue weighted by Gasteiger charge is -2.18. The summed E-state index contributed by atoms with van der Waals surface area (Å²) < 4.78 is 11.3. The van der Waals surface area contributed by atoms with E-state index in [1.165, 1.54) is 38.5 Å². The number of carbonyl (C=O) groups is 1. The Morgan fingerprint density at radius 3 is 2.86 bits per heavy atom. The summed E-state index contributed by atoms with van der Waals surface area (Å²) in [6, 6.07) is 0. The van der Waals surface area contributed by atoms with Crippen LogP contribution in [0.25, 0.3) is 0 Å². The summed E-state index contributed by atoms with van der Waals surface area (Å²) in [5.74, 6) is 0.906. The fourth-order valence-corrected chi connectivity index (χ4v) is 3.93. The van der Waals surface area contributed by atoms with Crippen molar-refractivity contribution in [3.05, 3.63) is 12.2 Å². The zero-order valence-electron chi connectivity index (χ0n) is 14.3. The summed E-state index contributed by atoms with van der Waals surface area (Å²) in [7, 11) is 0. The number of allylic oxidation sites excluding steroid dienone is 1. The van der Waals surface area contributed by atoms with Crippen molar-refractivity contribution >= 4 is 5.97 Å². The first-order valence-electron chi connectivity index (χ1n) is 9.24. The predicted molar refractivity (Wildman–Crippen MR) is 88.6 cm³/mol. The molecule has 0 bridgehead atoms. The standard InChI is InChI=1S/C19H32O3/c1-3-5-6-7-8-9-11-16-15-12-10-13-17(15)22-18(16)14-19(20)21-4-2/h9,11,15-18H,3-8,10,12-14H2,1-2H3/b11-9+. The van der Waals surface area contributed by atoms with E-state index >= 15 is 0 Å². The first kappa shape index (κ1) is 17.5. The molecule has 0 aromatic rings. The molecular formula is C19H32O3. The molecule has 1 aliphatic carbocycles. The molecule has 3 heteroatoms. The fraction of sp³-hybridized carbons (Fsp3) is 0.842. The zero-order valence-corrected chi connectivity index (χ0v) is 14.3. The summed E-state index contributed by atoms with van der Waals surface area (Å²) in [4.78, 5) is 11.8. The minimum absolute atomic E-state index is 0.0289. The average Bonchev–Trinajstić information content (AvgIpc) is 3.05. The molecule has 0 aromatic heterocycles. The maximum atomic E-state index is 11.8. The van der Waals surface area contributed by atoms with Crippen LogP contribution in [0.15, 0.2) is 12.2 Å². The monoisotopic (exact) mass is 308 g/mol. The number of unbranched alkanes of at least 4 members (excludes halogenated alkanes) is 4. The Hall–Kier alpha value is -0.830. The molecule has 1 saturated carbocycles. The van der Waals surface area contributed by atoms with Crippen LogP contribution >= 0.6 is 0 Å². The third-order valence-corrected chi connectivity index (χ3v) is 5.03. The van der Waals surface area contributed by atoms with Crippen molar-refractivity contribution in [1.82, 2.24) is 0 Å². The summed E-state index contributed by atoms with van der Waals surface area (Å²) >= 11 is 0. The second-order valence-corrected chi connectivity index (χ2v) is 6.67. The highest BCUT2D eigenvalue weighted by Gasteiger charge is 2.45. The molecule has 0 amide bonds. The first-order valence-corrected chi connectivity index (χ1v) is 9.24. The molecule has 2 rings (SSSR count). The minimum atomic E-state index is -0.117. The lowest BCUT2D eigenvalue weighted by molar-refractivity contribution is -0.146. The van der Waals surface area contributed by atoms with Crippen molar-refractivity contribution in [1.29, 1.82) is 0 Å². The van der Waals surface area contributed by atoms with Crippen molar-refractivity contribution in [2.24, 2.45) is 11.8 Å². The summed E-state index contributed by atoms with van der Waals surface area (Å²) in [5.41, 5.74) is 0. The smallest absolute Gasteiger partial charge is 0.308 e. The number of hydrogen-bond acceptors (Lipinski definition) is 3. The fourth-order valence-electron chi connectivity index (χ4n) is 3.93. The number of carbonyl (C=O) groups excluding carboxylic acids is 1. The Balaban J connectivity index is 1.85. The Kier molecular flexibility index (Phi) is 7.44. The van der Waals surface area contributed by atoms with E-state index < -0.39 is 0 Å². The SMILES string of the molecule is CCCCCC/C=C/C1C(CC(=O)OCC)OC2CCCC21. The molecule has 22 heavy (non-hydrogen) atoms. The molecule has 1 aliphatic heterocycles. The predicted octanol–water partition coefficient (Wildman–Crippen LogP) is 4.65. The Labute approximate surface area is 135 Å². The second-order valence-electron chi connectivity index (χ2n) is 6.67. The van der Waals surface area contributed by atoms with Gasteiger partial charge >= 0.3 is 5.97 Å². The normalized spacial score (nSPS) is 30.8. The highest BCUT2D eigenvalue weighted by molar-refractivity contribution is 5.70. The van der Waals surface area contributed by atoms with Gasteiger partial charge in [0.2, 0.25) is 0 Å². The van der Waals surface area contributed by atoms with Gasteiger partial charge < -0.3 is 9.47 Å². The van der Waals surface area contributed by atoms with Gasteiger partial charge in [-0.2, -0.15) is 0 Å². The van der Waals surface area contributed by atoms with Crippen LogP contribution in [0, 0.1) is 11.8 Å². The van der Waals surface area contributed by atoms with Gasteiger partial charge in [0.25, 0.3) is 0 Å². The first-order chi connectivity index (χ1) is 10.8.